The van der Waals surface area contributed by atoms with Gasteiger partial charge in [-0.2, -0.15) is 13.2 Å². The van der Waals surface area contributed by atoms with Crippen molar-refractivity contribution in [2.75, 3.05) is 25.8 Å². The van der Waals surface area contributed by atoms with E-state index in [9.17, 15) is 21.6 Å². The van der Waals surface area contributed by atoms with Crippen molar-refractivity contribution in [2.45, 2.75) is 11.1 Å². The molecule has 10 heteroatoms. The van der Waals surface area contributed by atoms with Gasteiger partial charge >= 0.3 is 6.18 Å². The molecule has 0 aromatic heterocycles. The number of halogens is 3. The number of hydrogen-bond acceptors (Lipinski definition) is 5. The fraction of sp³-hybridized carbons (Fsp3) is 0.182. The molecule has 32 heavy (non-hydrogen) atoms. The third kappa shape index (κ3) is 4.11. The molecule has 0 amide bonds. The van der Waals surface area contributed by atoms with Gasteiger partial charge in [-0.1, -0.05) is 18.2 Å². The normalized spacial score (nSPS) is 13.3. The number of fused-ring (bicyclic) bond motifs is 1. The van der Waals surface area contributed by atoms with E-state index < -0.39 is 21.8 Å². The van der Waals surface area contributed by atoms with E-state index >= 15 is 0 Å². The van der Waals surface area contributed by atoms with Crippen molar-refractivity contribution < 1.29 is 31.1 Å². The molecule has 168 valence electrons. The molecule has 0 spiro atoms. The highest BCUT2D eigenvalue weighted by atomic mass is 32.2. The van der Waals surface area contributed by atoms with Crippen LogP contribution in [0, 0.1) is 0 Å². The number of nitrogens with zero attached hydrogens (tertiary/aromatic N) is 1. The van der Waals surface area contributed by atoms with Crippen LogP contribution in [-0.4, -0.2) is 29.3 Å². The van der Waals surface area contributed by atoms with Crippen LogP contribution in [0.5, 0.6) is 11.5 Å². The Morgan fingerprint density at radius 2 is 1.41 bits per heavy atom. The molecule has 0 saturated heterocycles. The summed E-state index contributed by atoms with van der Waals surface area (Å²) in [5.41, 5.74) is 1.69. The molecule has 0 radical (unpaired) electrons. The number of rotatable bonds is 4. The molecule has 4 rings (SSSR count). The number of hydrogen-bond donors (Lipinski definition) is 1. The number of anilines is 1. The van der Waals surface area contributed by atoms with Crippen LogP contribution in [-0.2, 0) is 16.2 Å². The van der Waals surface area contributed by atoms with E-state index in [-0.39, 0.29) is 17.4 Å². The second kappa shape index (κ2) is 7.72. The number of alkyl halides is 3. The summed E-state index contributed by atoms with van der Waals surface area (Å²) in [5, 5.41) is 5.17. The average molecular weight is 464 g/mol. The van der Waals surface area contributed by atoms with Gasteiger partial charge in [-0.3, -0.25) is 0 Å². The van der Waals surface area contributed by atoms with Crippen LogP contribution >= 0.6 is 0 Å². The van der Waals surface area contributed by atoms with Crippen molar-refractivity contribution in [3.63, 3.8) is 0 Å². The Kier molecular flexibility index (Phi) is 5.30. The van der Waals surface area contributed by atoms with E-state index in [0.717, 1.165) is 6.07 Å². The standard InChI is InChI=1S/C22H19F3N2O4S/c1-27(2)19-9-14(5-8-18(19)22(23,24)25)17-11-21-20(30-12-31-21)10-16(17)13-3-6-15(7-4-13)32(26,28)29/h3-11H,12H2,1-2H3,(H2,26,28,29). The first-order valence-electron chi connectivity index (χ1n) is 9.41. The fourth-order valence-corrected chi connectivity index (χ4v) is 4.07. The molecule has 0 atom stereocenters. The lowest BCUT2D eigenvalue weighted by Gasteiger charge is -2.21. The third-order valence-electron chi connectivity index (χ3n) is 5.10. The summed E-state index contributed by atoms with van der Waals surface area (Å²) in [6.45, 7) is 0.0263. The van der Waals surface area contributed by atoms with E-state index in [4.69, 9.17) is 14.6 Å². The lowest BCUT2D eigenvalue weighted by atomic mass is 9.92. The van der Waals surface area contributed by atoms with Crippen LogP contribution in [0.2, 0.25) is 0 Å². The molecule has 0 aliphatic carbocycles. The molecule has 1 aliphatic rings. The maximum atomic E-state index is 13.5. The van der Waals surface area contributed by atoms with Gasteiger partial charge in [0.25, 0.3) is 0 Å². The van der Waals surface area contributed by atoms with Crippen molar-refractivity contribution in [1.82, 2.24) is 0 Å². The minimum atomic E-state index is -4.50. The first-order chi connectivity index (χ1) is 14.9. The molecule has 0 fully saturated rings. The van der Waals surface area contributed by atoms with Crippen molar-refractivity contribution >= 4 is 15.7 Å². The maximum Gasteiger partial charge on any atom is 0.418 e. The molecule has 1 aliphatic heterocycles. The Morgan fingerprint density at radius 1 is 0.875 bits per heavy atom. The lowest BCUT2D eigenvalue weighted by Crippen LogP contribution is -2.16. The van der Waals surface area contributed by atoms with E-state index in [1.807, 2.05) is 0 Å². The van der Waals surface area contributed by atoms with Crippen molar-refractivity contribution in [1.29, 1.82) is 0 Å². The van der Waals surface area contributed by atoms with Crippen LogP contribution in [0.1, 0.15) is 5.56 Å². The molecule has 3 aromatic rings. The Labute approximate surface area is 183 Å². The van der Waals surface area contributed by atoms with Crippen LogP contribution in [0.4, 0.5) is 18.9 Å². The molecular weight excluding hydrogens is 445 g/mol. The molecule has 6 nitrogen and oxygen atoms in total. The Balaban J connectivity index is 1.91. The molecular formula is C22H19F3N2O4S. The Morgan fingerprint density at radius 3 is 1.91 bits per heavy atom. The fourth-order valence-electron chi connectivity index (χ4n) is 3.55. The van der Waals surface area contributed by atoms with Gasteiger partial charge in [-0.15, -0.1) is 0 Å². The van der Waals surface area contributed by atoms with Gasteiger partial charge in [0.1, 0.15) is 0 Å². The monoisotopic (exact) mass is 464 g/mol. The topological polar surface area (TPSA) is 81.9 Å². The number of benzene rings is 3. The van der Waals surface area contributed by atoms with Crippen molar-refractivity contribution in [2.24, 2.45) is 5.14 Å². The second-order valence-electron chi connectivity index (χ2n) is 7.44. The lowest BCUT2D eigenvalue weighted by molar-refractivity contribution is -0.137. The first kappa shape index (κ1) is 22.0. The minimum absolute atomic E-state index is 0.0168. The highest BCUT2D eigenvalue weighted by Gasteiger charge is 2.34. The van der Waals surface area contributed by atoms with Gasteiger partial charge < -0.3 is 14.4 Å². The Hall–Kier alpha value is -3.24. The maximum absolute atomic E-state index is 13.5. The van der Waals surface area contributed by atoms with Gasteiger partial charge in [0.05, 0.1) is 10.5 Å². The zero-order chi connectivity index (χ0) is 23.3. The quantitative estimate of drug-likeness (QED) is 0.616. The molecule has 0 bridgehead atoms. The minimum Gasteiger partial charge on any atom is -0.454 e. The van der Waals surface area contributed by atoms with Crippen molar-refractivity contribution in [3.05, 3.63) is 60.2 Å². The van der Waals surface area contributed by atoms with Crippen LogP contribution in [0.15, 0.2) is 59.5 Å². The second-order valence-corrected chi connectivity index (χ2v) is 9.01. The number of sulfonamides is 1. The number of primary sulfonamides is 1. The summed E-state index contributed by atoms with van der Waals surface area (Å²) in [6.07, 6.45) is -4.50. The summed E-state index contributed by atoms with van der Waals surface area (Å²) < 4.78 is 74.5. The van der Waals surface area contributed by atoms with E-state index in [1.54, 1.807) is 38.4 Å². The molecule has 2 N–H and O–H groups in total. The predicted molar refractivity (Wildman–Crippen MR) is 114 cm³/mol. The van der Waals surface area contributed by atoms with Crippen LogP contribution in [0.25, 0.3) is 22.3 Å². The summed E-state index contributed by atoms with van der Waals surface area (Å²) in [7, 11) is -0.779. The van der Waals surface area contributed by atoms with Crippen LogP contribution < -0.4 is 19.5 Å². The average Bonchev–Trinajstić information content (AvgIpc) is 3.18. The number of nitrogens with two attached hydrogens (primary N) is 1. The third-order valence-corrected chi connectivity index (χ3v) is 6.03. The van der Waals surface area contributed by atoms with Gasteiger partial charge in [-0.25, -0.2) is 13.6 Å². The highest BCUT2D eigenvalue weighted by molar-refractivity contribution is 7.89. The van der Waals surface area contributed by atoms with E-state index in [0.29, 0.717) is 33.8 Å². The molecule has 0 saturated carbocycles. The summed E-state index contributed by atoms with van der Waals surface area (Å²) in [6, 6.07) is 13.2. The zero-order valence-corrected chi connectivity index (χ0v) is 17.9. The molecule has 3 aromatic carbocycles. The predicted octanol–water partition coefficient (Wildman–Crippen LogP) is 4.48. The summed E-state index contributed by atoms with van der Waals surface area (Å²) >= 11 is 0. The summed E-state index contributed by atoms with van der Waals surface area (Å²) in [4.78, 5) is 1.35. The summed E-state index contributed by atoms with van der Waals surface area (Å²) in [5.74, 6) is 0.954. The van der Waals surface area contributed by atoms with E-state index in [2.05, 4.69) is 0 Å². The smallest absolute Gasteiger partial charge is 0.418 e. The zero-order valence-electron chi connectivity index (χ0n) is 17.1. The number of ether oxygens (including phenoxy) is 2. The van der Waals surface area contributed by atoms with Gasteiger partial charge in [0, 0.05) is 19.8 Å². The Bertz CT molecular complexity index is 1290. The molecule has 1 heterocycles. The largest absolute Gasteiger partial charge is 0.454 e. The SMILES string of the molecule is CN(C)c1cc(-c2cc3c(cc2-c2ccc(S(N)(=O)=O)cc2)OCO3)ccc1C(F)(F)F. The molecule has 0 unspecified atom stereocenters. The van der Waals surface area contributed by atoms with Gasteiger partial charge in [0.15, 0.2) is 11.5 Å². The highest BCUT2D eigenvalue weighted by Crippen LogP contribution is 2.45. The van der Waals surface area contributed by atoms with Crippen molar-refractivity contribution in [3.8, 4) is 33.8 Å². The first-order valence-corrected chi connectivity index (χ1v) is 11.0. The van der Waals surface area contributed by atoms with Gasteiger partial charge in [0.2, 0.25) is 16.8 Å². The van der Waals surface area contributed by atoms with E-state index in [1.165, 1.54) is 29.2 Å². The van der Waals surface area contributed by atoms with Gasteiger partial charge in [-0.05, 0) is 58.7 Å². The van der Waals surface area contributed by atoms with Crippen LogP contribution in [0.3, 0.4) is 0 Å².